The van der Waals surface area contributed by atoms with E-state index in [1.165, 1.54) is 4.90 Å². The fourth-order valence-corrected chi connectivity index (χ4v) is 2.60. The first kappa shape index (κ1) is 18.7. The van der Waals surface area contributed by atoms with Gasteiger partial charge >= 0.3 is 6.18 Å². The van der Waals surface area contributed by atoms with Gasteiger partial charge in [0, 0.05) is 26.2 Å². The Morgan fingerprint density at radius 3 is 2.38 bits per heavy atom. The first-order valence-corrected chi connectivity index (χ1v) is 7.69. The number of ether oxygens (including phenoxy) is 1. The molecule has 1 aromatic carbocycles. The monoisotopic (exact) mass is 343 g/mol. The summed E-state index contributed by atoms with van der Waals surface area (Å²) in [5, 5.41) is 21.5. The molecule has 2 unspecified atom stereocenters. The molecule has 0 aromatic heterocycles. The van der Waals surface area contributed by atoms with Crippen LogP contribution in [0.5, 0.6) is 0 Å². The normalized spacial score (nSPS) is 18.8. The second-order valence-corrected chi connectivity index (χ2v) is 5.61. The molecule has 1 aromatic rings. The zero-order chi connectivity index (χ0) is 17.6. The lowest BCUT2D eigenvalue weighted by Gasteiger charge is -2.35. The molecule has 0 aliphatic carbocycles. The number of hydrogen-bond acceptors (Lipinski definition) is 5. The number of halogens is 3. The van der Waals surface area contributed by atoms with Crippen LogP contribution < -0.4 is 5.32 Å². The van der Waals surface area contributed by atoms with Gasteiger partial charge in [0.25, 0.3) is 0 Å². The van der Waals surface area contributed by atoms with E-state index in [1.54, 1.807) is 24.3 Å². The third-order valence-electron chi connectivity index (χ3n) is 3.96. The summed E-state index contributed by atoms with van der Waals surface area (Å²) in [5.41, 5.74) is 1.01. The molecule has 0 radical (unpaired) electrons. The number of nitrogens with one attached hydrogen (secondary N) is 1. The third kappa shape index (κ3) is 5.18. The van der Waals surface area contributed by atoms with Crippen molar-refractivity contribution in [2.75, 3.05) is 39.4 Å². The lowest BCUT2D eigenvalue weighted by Crippen LogP contribution is -2.55. The predicted octanol–water partition coefficient (Wildman–Crippen LogP) is 1.44. The Bertz CT molecular complexity index is 551. The molecule has 5 nitrogen and oxygen atoms in total. The molecule has 0 saturated carbocycles. The van der Waals surface area contributed by atoms with E-state index >= 15 is 0 Å². The molecule has 1 aliphatic rings. The van der Waals surface area contributed by atoms with Crippen LogP contribution in [-0.2, 0) is 4.74 Å². The molecule has 8 heteroatoms. The van der Waals surface area contributed by atoms with E-state index in [9.17, 15) is 18.3 Å². The molecular formula is C16H20F3N3O2. The highest BCUT2D eigenvalue weighted by atomic mass is 19.4. The molecule has 132 valence electrons. The van der Waals surface area contributed by atoms with Crippen molar-refractivity contribution in [3.8, 4) is 6.07 Å². The maximum absolute atomic E-state index is 13.2. The smallest absolute Gasteiger partial charge is 0.387 e. The number of nitriles is 1. The Labute approximate surface area is 138 Å². The van der Waals surface area contributed by atoms with E-state index in [4.69, 9.17) is 10.00 Å². The lowest BCUT2D eigenvalue weighted by molar-refractivity contribution is -0.190. The van der Waals surface area contributed by atoms with Gasteiger partial charge in [-0.2, -0.15) is 18.4 Å². The molecule has 1 aliphatic heterocycles. The van der Waals surface area contributed by atoms with Gasteiger partial charge in [0.1, 0.15) is 6.04 Å². The zero-order valence-electron chi connectivity index (χ0n) is 13.1. The number of aliphatic hydroxyl groups is 1. The largest absolute Gasteiger partial charge is 0.405 e. The molecule has 0 amide bonds. The number of hydrogen-bond donors (Lipinski definition) is 2. The van der Waals surface area contributed by atoms with E-state index in [0.717, 1.165) is 0 Å². The number of nitrogens with zero attached hydrogens (tertiary/aromatic N) is 2. The van der Waals surface area contributed by atoms with Gasteiger partial charge in [0.15, 0.2) is 0 Å². The number of rotatable bonds is 6. The van der Waals surface area contributed by atoms with Crippen molar-refractivity contribution in [2.45, 2.75) is 18.3 Å². The van der Waals surface area contributed by atoms with Gasteiger partial charge in [0.2, 0.25) is 0 Å². The molecular weight excluding hydrogens is 323 g/mol. The maximum Gasteiger partial charge on any atom is 0.405 e. The van der Waals surface area contributed by atoms with Crippen molar-refractivity contribution < 1.29 is 23.0 Å². The summed E-state index contributed by atoms with van der Waals surface area (Å²) in [6.07, 6.45) is -5.28. The van der Waals surface area contributed by atoms with Gasteiger partial charge < -0.3 is 15.2 Å². The summed E-state index contributed by atoms with van der Waals surface area (Å²) in [5.74, 6) is 0. The van der Waals surface area contributed by atoms with Gasteiger partial charge in [-0.25, -0.2) is 0 Å². The van der Waals surface area contributed by atoms with Crippen LogP contribution in [0.3, 0.4) is 0 Å². The van der Waals surface area contributed by atoms with Crippen molar-refractivity contribution in [3.05, 3.63) is 35.4 Å². The summed E-state index contributed by atoms with van der Waals surface area (Å²) >= 11 is 0. The molecule has 0 bridgehead atoms. The van der Waals surface area contributed by atoms with Gasteiger partial charge in [-0.15, -0.1) is 0 Å². The summed E-state index contributed by atoms with van der Waals surface area (Å²) in [7, 11) is 0. The predicted molar refractivity (Wildman–Crippen MR) is 81.2 cm³/mol. The minimum atomic E-state index is -4.34. The average Bonchev–Trinajstić information content (AvgIpc) is 2.58. The highest BCUT2D eigenvalue weighted by Gasteiger charge is 2.43. The quantitative estimate of drug-likeness (QED) is 0.818. The fourth-order valence-electron chi connectivity index (χ4n) is 2.60. The highest BCUT2D eigenvalue weighted by Crippen LogP contribution is 2.25. The summed E-state index contributed by atoms with van der Waals surface area (Å²) < 4.78 is 44.7. The number of benzene rings is 1. The van der Waals surface area contributed by atoms with Crippen LogP contribution in [0.1, 0.15) is 17.2 Å². The van der Waals surface area contributed by atoms with E-state index in [-0.39, 0.29) is 26.2 Å². The Balaban J connectivity index is 1.88. The topological polar surface area (TPSA) is 68.5 Å². The molecule has 2 rings (SSSR count). The third-order valence-corrected chi connectivity index (χ3v) is 3.96. The van der Waals surface area contributed by atoms with E-state index in [2.05, 4.69) is 5.32 Å². The van der Waals surface area contributed by atoms with Crippen LogP contribution in [0, 0.1) is 11.3 Å². The van der Waals surface area contributed by atoms with E-state index < -0.39 is 18.3 Å². The van der Waals surface area contributed by atoms with Crippen LogP contribution >= 0.6 is 0 Å². The van der Waals surface area contributed by atoms with Crippen molar-refractivity contribution in [1.29, 1.82) is 5.26 Å². The average molecular weight is 343 g/mol. The summed E-state index contributed by atoms with van der Waals surface area (Å²) in [6, 6.07) is 6.67. The van der Waals surface area contributed by atoms with E-state index in [0.29, 0.717) is 24.3 Å². The molecule has 1 heterocycles. The molecule has 2 atom stereocenters. The highest BCUT2D eigenvalue weighted by molar-refractivity contribution is 5.32. The SMILES string of the molecule is N#Cc1ccc(C(O)CNCC(N2CCOCC2)C(F)(F)F)cc1. The van der Waals surface area contributed by atoms with Gasteiger partial charge in [-0.1, -0.05) is 12.1 Å². The first-order chi connectivity index (χ1) is 11.4. The van der Waals surface area contributed by atoms with Gasteiger partial charge in [-0.3, -0.25) is 4.90 Å². The Morgan fingerprint density at radius 1 is 1.21 bits per heavy atom. The van der Waals surface area contributed by atoms with Crippen LogP contribution in [0.4, 0.5) is 13.2 Å². The van der Waals surface area contributed by atoms with Gasteiger partial charge in [-0.05, 0) is 17.7 Å². The molecule has 1 fully saturated rings. The molecule has 24 heavy (non-hydrogen) atoms. The lowest BCUT2D eigenvalue weighted by atomic mass is 10.1. The van der Waals surface area contributed by atoms with E-state index in [1.807, 2.05) is 6.07 Å². The first-order valence-electron chi connectivity index (χ1n) is 7.69. The second-order valence-electron chi connectivity index (χ2n) is 5.61. The van der Waals surface area contributed by atoms with Crippen molar-refractivity contribution in [3.63, 3.8) is 0 Å². The van der Waals surface area contributed by atoms with Crippen LogP contribution in [0.25, 0.3) is 0 Å². The van der Waals surface area contributed by atoms with Crippen LogP contribution in [0.2, 0.25) is 0 Å². The number of aliphatic hydroxyl groups excluding tert-OH is 1. The molecule has 0 spiro atoms. The number of morpholine rings is 1. The van der Waals surface area contributed by atoms with Crippen LogP contribution in [0.15, 0.2) is 24.3 Å². The second kappa shape index (κ2) is 8.44. The van der Waals surface area contributed by atoms with Crippen molar-refractivity contribution in [1.82, 2.24) is 10.2 Å². The Kier molecular flexibility index (Phi) is 6.57. The number of alkyl halides is 3. The maximum atomic E-state index is 13.2. The summed E-state index contributed by atoms with van der Waals surface area (Å²) in [4.78, 5) is 1.35. The van der Waals surface area contributed by atoms with Crippen molar-refractivity contribution in [2.24, 2.45) is 0 Å². The zero-order valence-corrected chi connectivity index (χ0v) is 13.1. The fraction of sp³-hybridized carbons (Fsp3) is 0.562. The van der Waals surface area contributed by atoms with Crippen molar-refractivity contribution >= 4 is 0 Å². The molecule has 1 saturated heterocycles. The van der Waals surface area contributed by atoms with Crippen LogP contribution in [-0.4, -0.2) is 61.6 Å². The Hall–Kier alpha value is -1.66. The molecule has 2 N–H and O–H groups in total. The summed E-state index contributed by atoms with van der Waals surface area (Å²) in [6.45, 7) is 0.772. The minimum absolute atomic E-state index is 0.00280. The van der Waals surface area contributed by atoms with Gasteiger partial charge in [0.05, 0.1) is 31.0 Å². The minimum Gasteiger partial charge on any atom is -0.387 e. The standard InChI is InChI=1S/C16H20F3N3O2/c17-16(18,19)15(22-5-7-24-8-6-22)11-21-10-14(23)13-3-1-12(9-20)2-4-13/h1-4,14-15,21,23H,5-8,10-11H2. The Morgan fingerprint density at radius 2 is 1.83 bits per heavy atom.